The first-order chi connectivity index (χ1) is 27.4. The summed E-state index contributed by atoms with van der Waals surface area (Å²) in [5, 5.41) is 6.30. The van der Waals surface area contributed by atoms with Crippen molar-refractivity contribution in [1.82, 2.24) is 20.1 Å². The summed E-state index contributed by atoms with van der Waals surface area (Å²) < 4.78 is 21.6. The van der Waals surface area contributed by atoms with Gasteiger partial charge in [-0.15, -0.1) is 0 Å². The molecule has 0 radical (unpaired) electrons. The number of amides is 6. The van der Waals surface area contributed by atoms with Gasteiger partial charge >= 0.3 is 0 Å². The van der Waals surface area contributed by atoms with E-state index in [1.165, 1.54) is 11.0 Å². The number of aromatic nitrogens is 1. The van der Waals surface area contributed by atoms with Gasteiger partial charge in [0.25, 0.3) is 17.7 Å². The van der Waals surface area contributed by atoms with Crippen molar-refractivity contribution in [2.45, 2.75) is 69.1 Å². The van der Waals surface area contributed by atoms with E-state index in [-0.39, 0.29) is 59.5 Å². The minimum absolute atomic E-state index is 0.00238. The van der Waals surface area contributed by atoms with E-state index in [9.17, 15) is 28.8 Å². The molecule has 1 aromatic heterocycles. The SMILES string of the molecule is CC(OC1CCN(c2cc3c(cc2F)C(=O)N(C2CCC(=O)NC2=O)C3=O)CC1)C(=O)N1CCN(c2cccc(C3(C4CC4)CNc4nccc(Cl)c43)c2)C(=O)C1. The number of anilines is 3. The number of halogens is 2. The van der Waals surface area contributed by atoms with E-state index in [0.717, 1.165) is 46.4 Å². The largest absolute Gasteiger partial charge is 0.369 e. The van der Waals surface area contributed by atoms with Crippen LogP contribution in [0.2, 0.25) is 5.02 Å². The van der Waals surface area contributed by atoms with Crippen LogP contribution in [0.5, 0.6) is 0 Å². The summed E-state index contributed by atoms with van der Waals surface area (Å²) in [6.07, 6.45) is 3.69. The minimum atomic E-state index is -1.14. The van der Waals surface area contributed by atoms with Gasteiger partial charge in [0.05, 0.1) is 22.9 Å². The van der Waals surface area contributed by atoms with Gasteiger partial charge in [-0.05, 0) is 80.8 Å². The highest BCUT2D eigenvalue weighted by Crippen LogP contribution is 2.57. The average molecular weight is 798 g/mol. The Morgan fingerprint density at radius 1 is 0.965 bits per heavy atom. The van der Waals surface area contributed by atoms with Crippen LogP contribution in [0.4, 0.5) is 21.6 Å². The molecule has 57 heavy (non-hydrogen) atoms. The highest BCUT2D eigenvalue weighted by molar-refractivity contribution is 6.32. The van der Waals surface area contributed by atoms with E-state index in [1.807, 2.05) is 18.2 Å². The highest BCUT2D eigenvalue weighted by atomic mass is 35.5. The average Bonchev–Trinajstić information content (AvgIpc) is 3.94. The maximum Gasteiger partial charge on any atom is 0.262 e. The number of hydrogen-bond acceptors (Lipinski definition) is 10. The summed E-state index contributed by atoms with van der Waals surface area (Å²) in [6, 6.07) is 11.1. The van der Waals surface area contributed by atoms with Crippen molar-refractivity contribution in [3.63, 3.8) is 0 Å². The lowest BCUT2D eigenvalue weighted by Gasteiger charge is -2.38. The van der Waals surface area contributed by atoms with E-state index in [2.05, 4.69) is 27.8 Å². The van der Waals surface area contributed by atoms with Gasteiger partial charge in [0.15, 0.2) is 0 Å². The standard InChI is InChI=1S/C41H41ClFN7O7/c1-22(57-26-10-13-47(14-11-26)32-19-28-27(18-30(32)43)39(55)50(40(28)56)31-7-8-33(51)46-37(31)53)38(54)48-15-16-49(34(52)20-48)25-4-2-3-24(17-25)41(23-5-6-23)21-45-36-35(41)29(42)9-12-44-36/h2-4,9,12,17-19,22-23,26,31H,5-8,10-11,13-16,20-21H2,1H3,(H,44,45)(H,46,51,53). The Balaban J connectivity index is 0.807. The number of pyridine rings is 1. The Kier molecular flexibility index (Phi) is 9.27. The Morgan fingerprint density at radius 3 is 2.44 bits per heavy atom. The van der Waals surface area contributed by atoms with E-state index >= 15 is 4.39 Å². The van der Waals surface area contributed by atoms with Crippen LogP contribution in [0.25, 0.3) is 0 Å². The molecule has 0 spiro atoms. The van der Waals surface area contributed by atoms with Crippen LogP contribution in [0.1, 0.15) is 77.3 Å². The number of piperidine rings is 2. The fourth-order valence-electron chi connectivity index (χ4n) is 9.36. The number of carbonyl (C=O) groups excluding carboxylic acids is 6. The summed E-state index contributed by atoms with van der Waals surface area (Å²) in [4.78, 5) is 88.0. The van der Waals surface area contributed by atoms with Gasteiger partial charge in [-0.2, -0.15) is 0 Å². The van der Waals surface area contributed by atoms with Gasteiger partial charge in [-0.3, -0.25) is 39.0 Å². The molecule has 6 aliphatic rings. The highest BCUT2D eigenvalue weighted by Gasteiger charge is 2.53. The number of rotatable bonds is 8. The van der Waals surface area contributed by atoms with Crippen molar-refractivity contribution < 1.29 is 37.9 Å². The molecule has 4 fully saturated rings. The first-order valence-corrected chi connectivity index (χ1v) is 19.9. The Morgan fingerprint density at radius 2 is 1.72 bits per heavy atom. The van der Waals surface area contributed by atoms with Gasteiger partial charge in [0, 0.05) is 67.0 Å². The molecule has 5 aliphatic heterocycles. The minimum Gasteiger partial charge on any atom is -0.369 e. The van der Waals surface area contributed by atoms with Crippen molar-refractivity contribution in [1.29, 1.82) is 0 Å². The Hall–Kier alpha value is -5.41. The zero-order valence-corrected chi connectivity index (χ0v) is 32.0. The third-order valence-electron chi connectivity index (χ3n) is 12.4. The number of piperazine rings is 1. The monoisotopic (exact) mass is 797 g/mol. The van der Waals surface area contributed by atoms with Crippen LogP contribution in [0.15, 0.2) is 48.7 Å². The lowest BCUT2D eigenvalue weighted by atomic mass is 9.72. The molecule has 6 amide bonds. The van der Waals surface area contributed by atoms with E-state index < -0.39 is 41.6 Å². The van der Waals surface area contributed by atoms with Gasteiger partial charge < -0.3 is 24.8 Å². The molecule has 1 aliphatic carbocycles. The predicted molar refractivity (Wildman–Crippen MR) is 205 cm³/mol. The topological polar surface area (TPSA) is 162 Å². The summed E-state index contributed by atoms with van der Waals surface area (Å²) in [6.45, 7) is 3.68. The number of carbonyl (C=O) groups is 6. The third kappa shape index (κ3) is 6.31. The molecule has 3 atom stereocenters. The fraction of sp³-hybridized carbons (Fsp3) is 0.439. The Bertz CT molecular complexity index is 2240. The molecule has 16 heteroatoms. The van der Waals surface area contributed by atoms with Crippen molar-refractivity contribution in [2.75, 3.05) is 54.4 Å². The maximum atomic E-state index is 15.5. The molecule has 3 saturated heterocycles. The summed E-state index contributed by atoms with van der Waals surface area (Å²) >= 11 is 6.77. The van der Waals surface area contributed by atoms with E-state index in [0.29, 0.717) is 56.5 Å². The van der Waals surface area contributed by atoms with E-state index in [4.69, 9.17) is 16.3 Å². The zero-order valence-electron chi connectivity index (χ0n) is 31.3. The van der Waals surface area contributed by atoms with Crippen LogP contribution >= 0.6 is 11.6 Å². The molecular formula is C41H41ClFN7O7. The van der Waals surface area contributed by atoms with Crippen LogP contribution in [-0.2, 0) is 29.3 Å². The van der Waals surface area contributed by atoms with Crippen molar-refractivity contribution in [2.24, 2.45) is 5.92 Å². The molecule has 1 saturated carbocycles. The molecule has 2 aromatic carbocycles. The van der Waals surface area contributed by atoms with Gasteiger partial charge in [-0.1, -0.05) is 23.7 Å². The molecule has 3 aromatic rings. The summed E-state index contributed by atoms with van der Waals surface area (Å²) in [5.41, 5.74) is 2.56. The molecule has 3 unspecified atom stereocenters. The number of imide groups is 2. The first-order valence-electron chi connectivity index (χ1n) is 19.5. The number of fused-ring (bicyclic) bond motifs is 2. The number of nitrogens with zero attached hydrogens (tertiary/aromatic N) is 5. The molecule has 296 valence electrons. The Labute approximate surface area is 332 Å². The van der Waals surface area contributed by atoms with Gasteiger partial charge in [0.1, 0.15) is 30.3 Å². The molecule has 0 bridgehead atoms. The molecule has 6 heterocycles. The summed E-state index contributed by atoms with van der Waals surface area (Å²) in [7, 11) is 0. The molecule has 2 N–H and O–H groups in total. The van der Waals surface area contributed by atoms with Crippen molar-refractivity contribution in [3.8, 4) is 0 Å². The second-order valence-corrected chi connectivity index (χ2v) is 16.1. The fourth-order valence-corrected chi connectivity index (χ4v) is 9.67. The van der Waals surface area contributed by atoms with Crippen molar-refractivity contribution in [3.05, 3.63) is 81.8 Å². The van der Waals surface area contributed by atoms with Gasteiger partial charge in [0.2, 0.25) is 17.7 Å². The first kappa shape index (κ1) is 37.2. The van der Waals surface area contributed by atoms with Crippen LogP contribution in [0.3, 0.4) is 0 Å². The lowest BCUT2D eigenvalue weighted by Crippen LogP contribution is -2.55. The molecule has 9 rings (SSSR count). The quantitative estimate of drug-likeness (QED) is 0.322. The number of hydrogen-bond donors (Lipinski definition) is 2. The smallest absolute Gasteiger partial charge is 0.262 e. The molecule has 14 nitrogen and oxygen atoms in total. The van der Waals surface area contributed by atoms with Crippen LogP contribution in [0, 0.1) is 11.7 Å². The normalized spacial score (nSPS) is 24.4. The second-order valence-electron chi connectivity index (χ2n) is 15.7. The van der Waals surface area contributed by atoms with E-state index in [1.54, 1.807) is 22.9 Å². The lowest BCUT2D eigenvalue weighted by molar-refractivity contribution is -0.149. The number of nitrogens with one attached hydrogen (secondary N) is 2. The van der Waals surface area contributed by atoms with Crippen LogP contribution < -0.4 is 20.4 Å². The second kappa shape index (κ2) is 14.2. The zero-order chi connectivity index (χ0) is 39.7. The third-order valence-corrected chi connectivity index (χ3v) is 12.7. The summed E-state index contributed by atoms with van der Waals surface area (Å²) in [5.74, 6) is -2.62. The van der Waals surface area contributed by atoms with Crippen LogP contribution in [-0.4, -0.2) is 108 Å². The molecular weight excluding hydrogens is 757 g/mol. The predicted octanol–water partition coefficient (Wildman–Crippen LogP) is 3.65. The van der Waals surface area contributed by atoms with Crippen molar-refractivity contribution >= 4 is 64.2 Å². The number of ether oxygens (including phenoxy) is 1. The van der Waals surface area contributed by atoms with Gasteiger partial charge in [-0.25, -0.2) is 9.37 Å². The number of benzene rings is 2. The maximum absolute atomic E-state index is 15.5.